The summed E-state index contributed by atoms with van der Waals surface area (Å²) < 4.78 is 5.06. The number of methoxy groups -OCH3 is 1. The quantitative estimate of drug-likeness (QED) is 0.761. The molecule has 2 rings (SSSR count). The molecule has 0 fully saturated rings. The minimum absolute atomic E-state index is 0.0367. The number of carbonyl (C=O) groups excluding carboxylic acids is 2. The standard InChI is InChI=1S/C18H20N2O3/c1-23-16-7-5-15(6-8-16)17(21)3-2-4-18(22)20-13-14-9-11-19-12-10-14/h5-12H,2-4,13H2,1H3,(H,20,22). The van der Waals surface area contributed by atoms with Gasteiger partial charge in [0.15, 0.2) is 5.78 Å². The van der Waals surface area contributed by atoms with E-state index < -0.39 is 0 Å². The number of rotatable bonds is 8. The molecule has 5 heteroatoms. The van der Waals surface area contributed by atoms with E-state index in [1.54, 1.807) is 43.8 Å². The number of ether oxygens (including phenoxy) is 1. The molecule has 0 radical (unpaired) electrons. The van der Waals surface area contributed by atoms with Crippen LogP contribution in [0.1, 0.15) is 35.2 Å². The molecule has 120 valence electrons. The second kappa shape index (κ2) is 8.68. The zero-order valence-electron chi connectivity index (χ0n) is 13.1. The van der Waals surface area contributed by atoms with Crippen molar-refractivity contribution in [2.24, 2.45) is 0 Å². The van der Waals surface area contributed by atoms with Crippen molar-refractivity contribution < 1.29 is 14.3 Å². The van der Waals surface area contributed by atoms with Crippen molar-refractivity contribution in [2.45, 2.75) is 25.8 Å². The van der Waals surface area contributed by atoms with Crippen LogP contribution in [0, 0.1) is 0 Å². The summed E-state index contributed by atoms with van der Waals surface area (Å²) in [5.74, 6) is 0.705. The third kappa shape index (κ3) is 5.54. The van der Waals surface area contributed by atoms with Crippen LogP contribution in [0.15, 0.2) is 48.8 Å². The van der Waals surface area contributed by atoms with E-state index in [9.17, 15) is 9.59 Å². The van der Waals surface area contributed by atoms with E-state index in [-0.39, 0.29) is 11.7 Å². The summed E-state index contributed by atoms with van der Waals surface area (Å²) in [5, 5.41) is 2.83. The van der Waals surface area contributed by atoms with Crippen LogP contribution in [0.5, 0.6) is 5.75 Å². The topological polar surface area (TPSA) is 68.3 Å². The molecule has 0 saturated carbocycles. The third-order valence-corrected chi connectivity index (χ3v) is 3.46. The predicted octanol–water partition coefficient (Wildman–Crippen LogP) is 2.76. The first kappa shape index (κ1) is 16.7. The van der Waals surface area contributed by atoms with E-state index in [1.165, 1.54) is 0 Å². The van der Waals surface area contributed by atoms with Gasteiger partial charge >= 0.3 is 0 Å². The molecule has 0 spiro atoms. The number of ketones is 1. The number of nitrogens with zero attached hydrogens (tertiary/aromatic N) is 1. The van der Waals surface area contributed by atoms with Gasteiger partial charge in [-0.25, -0.2) is 0 Å². The molecule has 1 aromatic carbocycles. The summed E-state index contributed by atoms with van der Waals surface area (Å²) in [6.45, 7) is 0.480. The fourth-order valence-electron chi connectivity index (χ4n) is 2.12. The van der Waals surface area contributed by atoms with Crippen molar-refractivity contribution >= 4 is 11.7 Å². The van der Waals surface area contributed by atoms with Crippen LogP contribution in [-0.2, 0) is 11.3 Å². The van der Waals surface area contributed by atoms with Gasteiger partial charge < -0.3 is 10.1 Å². The Morgan fingerprint density at radius 2 is 1.74 bits per heavy atom. The Kier molecular flexibility index (Phi) is 6.29. The second-order valence-corrected chi connectivity index (χ2v) is 5.14. The highest BCUT2D eigenvalue weighted by Gasteiger charge is 2.08. The average molecular weight is 312 g/mol. The van der Waals surface area contributed by atoms with Crippen LogP contribution in [0.25, 0.3) is 0 Å². The Morgan fingerprint density at radius 1 is 1.04 bits per heavy atom. The highest BCUT2D eigenvalue weighted by molar-refractivity contribution is 5.96. The van der Waals surface area contributed by atoms with Crippen LogP contribution < -0.4 is 10.1 Å². The van der Waals surface area contributed by atoms with Crippen molar-refractivity contribution in [3.8, 4) is 5.75 Å². The highest BCUT2D eigenvalue weighted by Crippen LogP contribution is 2.13. The lowest BCUT2D eigenvalue weighted by Crippen LogP contribution is -2.22. The van der Waals surface area contributed by atoms with Crippen LogP contribution in [0.4, 0.5) is 0 Å². The summed E-state index contributed by atoms with van der Waals surface area (Å²) in [5.41, 5.74) is 1.64. The van der Waals surface area contributed by atoms with E-state index in [1.807, 2.05) is 12.1 Å². The van der Waals surface area contributed by atoms with Crippen molar-refractivity contribution in [1.82, 2.24) is 10.3 Å². The Morgan fingerprint density at radius 3 is 2.39 bits per heavy atom. The first-order valence-corrected chi connectivity index (χ1v) is 7.52. The molecule has 0 saturated heterocycles. The Hall–Kier alpha value is -2.69. The third-order valence-electron chi connectivity index (χ3n) is 3.46. The fourth-order valence-corrected chi connectivity index (χ4v) is 2.12. The number of aromatic nitrogens is 1. The highest BCUT2D eigenvalue weighted by atomic mass is 16.5. The molecule has 0 aliphatic heterocycles. The lowest BCUT2D eigenvalue weighted by Gasteiger charge is -2.05. The van der Waals surface area contributed by atoms with Crippen molar-refractivity contribution in [3.05, 3.63) is 59.9 Å². The zero-order chi connectivity index (χ0) is 16.5. The fraction of sp³-hybridized carbons (Fsp3) is 0.278. The van der Waals surface area contributed by atoms with Crippen LogP contribution in [0.3, 0.4) is 0 Å². The van der Waals surface area contributed by atoms with Crippen LogP contribution in [0.2, 0.25) is 0 Å². The van der Waals surface area contributed by atoms with Crippen molar-refractivity contribution in [1.29, 1.82) is 0 Å². The molecule has 0 atom stereocenters. The molecule has 5 nitrogen and oxygen atoms in total. The van der Waals surface area contributed by atoms with Gasteiger partial charge in [0.05, 0.1) is 7.11 Å². The molecule has 1 aromatic heterocycles. The number of pyridine rings is 1. The van der Waals surface area contributed by atoms with Gasteiger partial charge in [0.2, 0.25) is 5.91 Å². The van der Waals surface area contributed by atoms with E-state index in [2.05, 4.69) is 10.3 Å². The molecular formula is C18H20N2O3. The molecular weight excluding hydrogens is 292 g/mol. The maximum absolute atomic E-state index is 12.0. The van der Waals surface area contributed by atoms with E-state index in [0.29, 0.717) is 31.4 Å². The number of nitrogens with one attached hydrogen (secondary N) is 1. The van der Waals surface area contributed by atoms with Crippen LogP contribution >= 0.6 is 0 Å². The molecule has 0 aliphatic rings. The largest absolute Gasteiger partial charge is 0.497 e. The van der Waals surface area contributed by atoms with Crippen molar-refractivity contribution in [2.75, 3.05) is 7.11 Å². The summed E-state index contributed by atoms with van der Waals surface area (Å²) >= 11 is 0. The van der Waals surface area contributed by atoms with E-state index in [0.717, 1.165) is 11.3 Å². The molecule has 0 unspecified atom stereocenters. The number of amides is 1. The van der Waals surface area contributed by atoms with Gasteiger partial charge in [0, 0.05) is 37.3 Å². The van der Waals surface area contributed by atoms with Gasteiger partial charge in [-0.2, -0.15) is 0 Å². The van der Waals surface area contributed by atoms with E-state index >= 15 is 0 Å². The molecule has 0 aliphatic carbocycles. The minimum atomic E-state index is -0.0515. The first-order valence-electron chi connectivity index (χ1n) is 7.52. The van der Waals surface area contributed by atoms with Crippen LogP contribution in [-0.4, -0.2) is 23.8 Å². The van der Waals surface area contributed by atoms with Gasteiger partial charge in [0.25, 0.3) is 0 Å². The van der Waals surface area contributed by atoms with Gasteiger partial charge in [-0.15, -0.1) is 0 Å². The average Bonchev–Trinajstić information content (AvgIpc) is 2.61. The maximum Gasteiger partial charge on any atom is 0.220 e. The summed E-state index contributed by atoms with van der Waals surface area (Å²) in [6, 6.07) is 10.7. The predicted molar refractivity (Wildman–Crippen MR) is 87.3 cm³/mol. The van der Waals surface area contributed by atoms with Gasteiger partial charge in [-0.3, -0.25) is 14.6 Å². The number of Topliss-reactive ketones (excluding diaryl/α,β-unsaturated/α-hetero) is 1. The maximum atomic E-state index is 12.0. The summed E-state index contributed by atoms with van der Waals surface area (Å²) in [4.78, 5) is 27.7. The number of hydrogen-bond acceptors (Lipinski definition) is 4. The second-order valence-electron chi connectivity index (χ2n) is 5.14. The van der Waals surface area contributed by atoms with Gasteiger partial charge in [0.1, 0.15) is 5.75 Å². The zero-order valence-corrected chi connectivity index (χ0v) is 13.1. The number of carbonyl (C=O) groups is 2. The summed E-state index contributed by atoms with van der Waals surface area (Å²) in [6.07, 6.45) is 4.61. The first-order chi connectivity index (χ1) is 11.2. The van der Waals surface area contributed by atoms with Gasteiger partial charge in [-0.1, -0.05) is 0 Å². The molecule has 0 bridgehead atoms. The lowest BCUT2D eigenvalue weighted by molar-refractivity contribution is -0.121. The van der Waals surface area contributed by atoms with Crippen molar-refractivity contribution in [3.63, 3.8) is 0 Å². The monoisotopic (exact) mass is 312 g/mol. The Balaban J connectivity index is 1.69. The minimum Gasteiger partial charge on any atom is -0.497 e. The Labute approximate surface area is 135 Å². The SMILES string of the molecule is COc1ccc(C(=O)CCCC(=O)NCc2ccncc2)cc1. The molecule has 1 N–H and O–H groups in total. The van der Waals surface area contributed by atoms with Gasteiger partial charge in [-0.05, 0) is 48.4 Å². The number of benzene rings is 1. The molecule has 2 aromatic rings. The number of hydrogen-bond donors (Lipinski definition) is 1. The van der Waals surface area contributed by atoms with E-state index in [4.69, 9.17) is 4.74 Å². The summed E-state index contributed by atoms with van der Waals surface area (Å²) in [7, 11) is 1.58. The molecule has 23 heavy (non-hydrogen) atoms. The lowest BCUT2D eigenvalue weighted by atomic mass is 10.1. The Bertz CT molecular complexity index is 639. The normalized spacial score (nSPS) is 10.1. The smallest absolute Gasteiger partial charge is 0.220 e. The molecule has 1 heterocycles. The molecule has 1 amide bonds.